The molecule has 0 aromatic heterocycles. The lowest BCUT2D eigenvalue weighted by Crippen LogP contribution is -2.13. The van der Waals surface area contributed by atoms with Crippen LogP contribution in [0.1, 0.15) is 12.8 Å². The van der Waals surface area contributed by atoms with E-state index in [-0.39, 0.29) is 18.1 Å². The van der Waals surface area contributed by atoms with Gasteiger partial charge in [-0.05, 0) is 12.8 Å². The first-order valence-electron chi connectivity index (χ1n) is 3.16. The van der Waals surface area contributed by atoms with E-state index in [0.29, 0.717) is 18.7 Å². The molecule has 3 atom stereocenters. The highest BCUT2D eigenvalue weighted by Gasteiger charge is 2.30. The highest BCUT2D eigenvalue weighted by atomic mass is 35.5. The monoisotopic (exact) mass is 150 g/mol. The second kappa shape index (κ2) is 2.86. The van der Waals surface area contributed by atoms with Gasteiger partial charge in [-0.25, -0.2) is 0 Å². The largest absolute Gasteiger partial charge is 0.393 e. The van der Waals surface area contributed by atoms with Gasteiger partial charge in [-0.3, -0.25) is 0 Å². The second-order valence-electron chi connectivity index (χ2n) is 2.61. The Morgan fingerprint density at radius 1 is 1.33 bits per heavy atom. The summed E-state index contributed by atoms with van der Waals surface area (Å²) in [5.74, 6) is 0.569. The normalized spacial score (nSPS) is 43.7. The molecule has 0 aromatic carbocycles. The van der Waals surface area contributed by atoms with Crippen molar-refractivity contribution in [2.75, 3.05) is 5.88 Å². The third-order valence-corrected chi connectivity index (χ3v) is 2.23. The van der Waals surface area contributed by atoms with E-state index in [4.69, 9.17) is 21.8 Å². The third-order valence-electron chi connectivity index (χ3n) is 1.83. The Kier molecular flexibility index (Phi) is 2.33. The molecule has 1 fully saturated rings. The summed E-state index contributed by atoms with van der Waals surface area (Å²) >= 11 is 5.50. The highest BCUT2D eigenvalue weighted by Crippen LogP contribution is 2.26. The molecule has 0 aliphatic heterocycles. The first kappa shape index (κ1) is 7.32. The van der Waals surface area contributed by atoms with Gasteiger partial charge in [0.05, 0.1) is 12.2 Å². The van der Waals surface area contributed by atoms with Crippen molar-refractivity contribution in [3.63, 3.8) is 0 Å². The number of rotatable bonds is 1. The van der Waals surface area contributed by atoms with Crippen LogP contribution in [0.2, 0.25) is 0 Å². The van der Waals surface area contributed by atoms with Crippen LogP contribution >= 0.6 is 11.6 Å². The van der Waals surface area contributed by atoms with Gasteiger partial charge < -0.3 is 10.2 Å². The molecule has 0 spiro atoms. The molecule has 0 heterocycles. The number of alkyl halides is 1. The summed E-state index contributed by atoms with van der Waals surface area (Å²) < 4.78 is 0. The van der Waals surface area contributed by atoms with E-state index in [1.165, 1.54) is 0 Å². The minimum absolute atomic E-state index is 0.113. The van der Waals surface area contributed by atoms with Crippen LogP contribution < -0.4 is 0 Å². The van der Waals surface area contributed by atoms with E-state index in [0.717, 1.165) is 0 Å². The smallest absolute Gasteiger partial charge is 0.0605 e. The van der Waals surface area contributed by atoms with Crippen LogP contribution in [0, 0.1) is 5.92 Å². The van der Waals surface area contributed by atoms with E-state index in [1.54, 1.807) is 0 Å². The number of halogens is 1. The van der Waals surface area contributed by atoms with Crippen molar-refractivity contribution in [3.8, 4) is 0 Å². The summed E-state index contributed by atoms with van der Waals surface area (Å²) in [6, 6.07) is 0. The van der Waals surface area contributed by atoms with Crippen molar-refractivity contribution in [2.45, 2.75) is 25.0 Å². The van der Waals surface area contributed by atoms with Gasteiger partial charge in [0.2, 0.25) is 0 Å². The molecular weight excluding hydrogens is 140 g/mol. The van der Waals surface area contributed by atoms with Crippen molar-refractivity contribution in [1.82, 2.24) is 0 Å². The van der Waals surface area contributed by atoms with Crippen molar-refractivity contribution in [3.05, 3.63) is 0 Å². The average molecular weight is 151 g/mol. The fourth-order valence-corrected chi connectivity index (χ4v) is 1.57. The van der Waals surface area contributed by atoms with Gasteiger partial charge in [0.25, 0.3) is 0 Å². The quantitative estimate of drug-likeness (QED) is 0.530. The summed E-state index contributed by atoms with van der Waals surface area (Å²) in [7, 11) is 0. The maximum Gasteiger partial charge on any atom is 0.0605 e. The van der Waals surface area contributed by atoms with E-state index in [2.05, 4.69) is 0 Å². The molecule has 0 saturated heterocycles. The second-order valence-corrected chi connectivity index (χ2v) is 2.92. The topological polar surface area (TPSA) is 40.5 Å². The maximum atomic E-state index is 9.11. The Bertz CT molecular complexity index is 97.1. The van der Waals surface area contributed by atoms with Crippen LogP contribution in [0.4, 0.5) is 0 Å². The number of hydrogen-bond donors (Lipinski definition) is 2. The van der Waals surface area contributed by atoms with Crippen LogP contribution in [0.25, 0.3) is 0 Å². The molecule has 0 amide bonds. The Morgan fingerprint density at radius 2 is 2.00 bits per heavy atom. The van der Waals surface area contributed by atoms with Crippen LogP contribution in [0.3, 0.4) is 0 Å². The molecule has 3 unspecified atom stereocenters. The number of aliphatic hydroxyl groups is 2. The number of hydrogen-bond acceptors (Lipinski definition) is 2. The minimum atomic E-state index is -0.377. The van der Waals surface area contributed by atoms with Crippen molar-refractivity contribution in [2.24, 2.45) is 5.92 Å². The van der Waals surface area contributed by atoms with Gasteiger partial charge >= 0.3 is 0 Å². The molecule has 0 aromatic rings. The van der Waals surface area contributed by atoms with Gasteiger partial charge in [0.15, 0.2) is 0 Å². The van der Waals surface area contributed by atoms with E-state index < -0.39 is 0 Å². The zero-order valence-electron chi connectivity index (χ0n) is 5.13. The standard InChI is InChI=1S/C6H11ClO2/c7-3-4-1-5(8)2-6(4)9/h4-6,8-9H,1-3H2. The molecule has 0 radical (unpaired) electrons. The maximum absolute atomic E-state index is 9.11. The van der Waals surface area contributed by atoms with Crippen LogP contribution in [-0.4, -0.2) is 28.3 Å². The molecule has 54 valence electrons. The Morgan fingerprint density at radius 3 is 2.22 bits per heavy atom. The fraction of sp³-hybridized carbons (Fsp3) is 1.00. The molecule has 0 bridgehead atoms. The van der Waals surface area contributed by atoms with E-state index in [9.17, 15) is 0 Å². The Balaban J connectivity index is 2.38. The minimum Gasteiger partial charge on any atom is -0.393 e. The molecule has 1 aliphatic carbocycles. The van der Waals surface area contributed by atoms with Gasteiger partial charge in [0, 0.05) is 11.8 Å². The average Bonchev–Trinajstić information content (AvgIpc) is 2.10. The van der Waals surface area contributed by atoms with Crippen molar-refractivity contribution in [1.29, 1.82) is 0 Å². The summed E-state index contributed by atoms with van der Waals surface area (Å²) in [4.78, 5) is 0. The first-order valence-corrected chi connectivity index (χ1v) is 3.69. The number of aliphatic hydroxyl groups excluding tert-OH is 2. The fourth-order valence-electron chi connectivity index (χ4n) is 1.24. The molecule has 1 saturated carbocycles. The van der Waals surface area contributed by atoms with Crippen LogP contribution in [0.5, 0.6) is 0 Å². The SMILES string of the molecule is OC1CC(O)C(CCl)C1. The van der Waals surface area contributed by atoms with Crippen LogP contribution in [0.15, 0.2) is 0 Å². The summed E-state index contributed by atoms with van der Waals surface area (Å²) in [5.41, 5.74) is 0. The zero-order chi connectivity index (χ0) is 6.85. The van der Waals surface area contributed by atoms with E-state index >= 15 is 0 Å². The first-order chi connectivity index (χ1) is 4.24. The lowest BCUT2D eigenvalue weighted by Gasteiger charge is -2.07. The van der Waals surface area contributed by atoms with Crippen molar-refractivity contribution >= 4 is 11.6 Å². The van der Waals surface area contributed by atoms with Gasteiger partial charge in [0.1, 0.15) is 0 Å². The van der Waals surface area contributed by atoms with Gasteiger partial charge in [-0.2, -0.15) is 0 Å². The summed E-state index contributed by atoms with van der Waals surface area (Å²) in [6.07, 6.45) is 0.448. The third kappa shape index (κ3) is 1.57. The lowest BCUT2D eigenvalue weighted by molar-refractivity contribution is 0.125. The molecule has 2 N–H and O–H groups in total. The van der Waals surface area contributed by atoms with Gasteiger partial charge in [-0.15, -0.1) is 11.6 Å². The Labute approximate surface area is 59.4 Å². The summed E-state index contributed by atoms with van der Waals surface area (Å²) in [5, 5.41) is 18.1. The molecule has 2 nitrogen and oxygen atoms in total. The zero-order valence-corrected chi connectivity index (χ0v) is 5.88. The predicted octanol–water partition coefficient (Wildman–Crippen LogP) is 0.357. The molecule has 1 aliphatic rings. The predicted molar refractivity (Wildman–Crippen MR) is 35.5 cm³/mol. The molecule has 3 heteroatoms. The lowest BCUT2D eigenvalue weighted by atomic mass is 10.1. The highest BCUT2D eigenvalue weighted by molar-refractivity contribution is 6.18. The summed E-state index contributed by atoms with van der Waals surface area (Å²) in [6.45, 7) is 0. The molecule has 9 heavy (non-hydrogen) atoms. The van der Waals surface area contributed by atoms with Crippen LogP contribution in [-0.2, 0) is 0 Å². The Hall–Kier alpha value is 0.210. The van der Waals surface area contributed by atoms with Crippen molar-refractivity contribution < 1.29 is 10.2 Å². The molecular formula is C6H11ClO2. The van der Waals surface area contributed by atoms with E-state index in [1.807, 2.05) is 0 Å². The molecule has 1 rings (SSSR count). The van der Waals surface area contributed by atoms with Gasteiger partial charge in [-0.1, -0.05) is 0 Å².